The van der Waals surface area contributed by atoms with Gasteiger partial charge in [-0.25, -0.2) is 0 Å². The number of ether oxygens (including phenoxy) is 1. The molecule has 6 atom stereocenters. The number of primary amides is 1. The minimum Gasteiger partial charge on any atom is -0.508 e. The fraction of sp³-hybridized carbons (Fsp3) is 0.588. The molecule has 1 amide bonds. The number of aliphatic hydroxyl groups excluding tert-OH is 2. The van der Waals surface area contributed by atoms with Crippen molar-refractivity contribution < 1.29 is 44.3 Å². The van der Waals surface area contributed by atoms with Crippen LogP contribution in [0.25, 0.3) is 5.76 Å². The summed E-state index contributed by atoms with van der Waals surface area (Å²) in [6.07, 6.45) is 2.77. The molecule has 5 rings (SSSR count). The van der Waals surface area contributed by atoms with Gasteiger partial charge in [0.15, 0.2) is 11.4 Å². The van der Waals surface area contributed by atoms with Gasteiger partial charge in [0.1, 0.15) is 28.9 Å². The molecule has 2 saturated carbocycles. The van der Waals surface area contributed by atoms with E-state index >= 15 is 0 Å². The lowest BCUT2D eigenvalue weighted by molar-refractivity contribution is -0.178. The molecule has 4 unspecified atom stereocenters. The smallest absolute Gasteiger partial charge is 0.293 e. The molecule has 0 radical (unpaired) electrons. The lowest BCUT2D eigenvalue weighted by Crippen LogP contribution is -2.71. The van der Waals surface area contributed by atoms with Crippen LogP contribution in [0.3, 0.4) is 0 Å². The highest BCUT2D eigenvalue weighted by Gasteiger charge is 2.69. The van der Waals surface area contributed by atoms with Gasteiger partial charge >= 0.3 is 0 Å². The van der Waals surface area contributed by atoms with Crippen LogP contribution in [-0.4, -0.2) is 118 Å². The molecular weight excluding hydrogens is 626 g/mol. The fourth-order valence-corrected chi connectivity index (χ4v) is 10.1. The van der Waals surface area contributed by atoms with E-state index in [4.69, 9.17) is 10.5 Å². The van der Waals surface area contributed by atoms with Crippen molar-refractivity contribution in [3.63, 3.8) is 0 Å². The first kappa shape index (κ1) is 34.9. The number of benzene rings is 1. The van der Waals surface area contributed by atoms with Gasteiger partial charge in [-0.3, -0.25) is 24.1 Å². The van der Waals surface area contributed by atoms with E-state index in [9.17, 15) is 39.6 Å². The number of nitrogens with two attached hydrogens (primary N) is 1. The van der Waals surface area contributed by atoms with Gasteiger partial charge in [-0.2, -0.15) is 11.8 Å². The number of aromatic hydroxyl groups is 1. The molecule has 0 spiro atoms. The van der Waals surface area contributed by atoms with Gasteiger partial charge in [0.05, 0.1) is 17.5 Å². The molecule has 1 aromatic carbocycles. The zero-order valence-electron chi connectivity index (χ0n) is 27.6. The van der Waals surface area contributed by atoms with E-state index in [0.717, 1.165) is 25.7 Å². The fourth-order valence-electron chi connectivity index (χ4n) is 8.55. The molecule has 1 aromatic rings. The van der Waals surface area contributed by atoms with Crippen LogP contribution in [-0.2, 0) is 29.3 Å². The van der Waals surface area contributed by atoms with Gasteiger partial charge in [0, 0.05) is 45.9 Å². The summed E-state index contributed by atoms with van der Waals surface area (Å²) in [6.45, 7) is 4.58. The predicted molar refractivity (Wildman–Crippen MR) is 176 cm³/mol. The highest BCUT2D eigenvalue weighted by molar-refractivity contribution is 7.99. The number of hydrogen-bond donors (Lipinski definition) is 5. The Morgan fingerprint density at radius 1 is 1.13 bits per heavy atom. The van der Waals surface area contributed by atoms with Crippen LogP contribution in [0.4, 0.5) is 0 Å². The number of Topliss-reactive ketones (excluding diaryl/α,β-unsaturated/α-hetero) is 2. The molecule has 4 aliphatic rings. The van der Waals surface area contributed by atoms with E-state index in [1.54, 1.807) is 17.8 Å². The van der Waals surface area contributed by atoms with Gasteiger partial charge < -0.3 is 35.8 Å². The second-order valence-corrected chi connectivity index (χ2v) is 15.7. The van der Waals surface area contributed by atoms with Crippen molar-refractivity contribution in [1.82, 2.24) is 9.80 Å². The van der Waals surface area contributed by atoms with E-state index in [2.05, 4.69) is 0 Å². The largest absolute Gasteiger partial charge is 0.508 e. The first-order valence-corrected chi connectivity index (χ1v) is 16.9. The monoisotopic (exact) mass is 671 g/mol. The summed E-state index contributed by atoms with van der Waals surface area (Å²) >= 11 is 1.69. The Labute approximate surface area is 278 Å². The molecule has 2 fully saturated rings. The van der Waals surface area contributed by atoms with Crippen LogP contribution in [0.1, 0.15) is 62.1 Å². The first-order chi connectivity index (χ1) is 22.0. The minimum absolute atomic E-state index is 0.0208. The van der Waals surface area contributed by atoms with Crippen molar-refractivity contribution in [3.8, 4) is 5.75 Å². The zero-order chi connectivity index (χ0) is 34.7. The Bertz CT molecular complexity index is 1560. The number of ketones is 2. The van der Waals surface area contributed by atoms with Crippen molar-refractivity contribution in [2.45, 2.75) is 73.9 Å². The maximum absolute atomic E-state index is 14.7. The van der Waals surface area contributed by atoms with Crippen molar-refractivity contribution in [3.05, 3.63) is 45.7 Å². The Hall–Kier alpha value is -3.39. The molecule has 12 nitrogen and oxygen atoms in total. The third kappa shape index (κ3) is 5.44. The van der Waals surface area contributed by atoms with Crippen molar-refractivity contribution in [2.24, 2.45) is 17.6 Å². The highest BCUT2D eigenvalue weighted by Crippen LogP contribution is 2.58. The molecule has 0 saturated heterocycles. The molecule has 0 bridgehead atoms. The van der Waals surface area contributed by atoms with Gasteiger partial charge in [0.2, 0.25) is 5.78 Å². The number of phenols is 1. The number of fused-ring (bicyclic) bond motifs is 3. The molecule has 0 heterocycles. The van der Waals surface area contributed by atoms with Crippen molar-refractivity contribution in [2.75, 3.05) is 40.5 Å². The van der Waals surface area contributed by atoms with E-state index in [0.29, 0.717) is 28.7 Å². The summed E-state index contributed by atoms with van der Waals surface area (Å²) in [6, 6.07) is 2.21. The summed E-state index contributed by atoms with van der Waals surface area (Å²) in [5, 5.41) is 47.8. The number of phenolic OH excluding ortho intramolecular Hbond substituents is 1. The number of carbonyl (C=O) groups excluding carboxylic acids is 4. The van der Waals surface area contributed by atoms with Crippen LogP contribution < -0.4 is 5.73 Å². The number of aliphatic hydroxyl groups is 3. The third-order valence-corrected chi connectivity index (χ3v) is 11.9. The molecule has 0 aliphatic heterocycles. The average molecular weight is 672 g/mol. The number of rotatable bonds is 10. The quantitative estimate of drug-likeness (QED) is 0.180. The van der Waals surface area contributed by atoms with E-state index in [1.807, 2.05) is 38.9 Å². The minimum atomic E-state index is -2.97. The Morgan fingerprint density at radius 3 is 2.32 bits per heavy atom. The molecule has 256 valence electrons. The number of nitrogens with zero attached hydrogens (tertiary/aromatic N) is 2. The average Bonchev–Trinajstić information content (AvgIpc) is 3.49. The van der Waals surface area contributed by atoms with Gasteiger partial charge in [-0.1, -0.05) is 38.8 Å². The number of carbonyl (C=O) groups is 4. The zero-order valence-corrected chi connectivity index (χ0v) is 28.5. The summed E-state index contributed by atoms with van der Waals surface area (Å²) in [7, 11) is 6.79. The SMILES string of the molecule is CN(C)CC(C)(C)c1ccc2c(c1O)C(O)=C1C(=O)[C@]3(O)C(O)=C(C(N)=O)C(=O)[C@@H](N(C)C)C3C(OC=O)C1C2CSC1CCCC1. The van der Waals surface area contributed by atoms with Crippen molar-refractivity contribution >= 4 is 41.5 Å². The molecule has 0 aromatic heterocycles. The maximum Gasteiger partial charge on any atom is 0.293 e. The number of hydrogen-bond acceptors (Lipinski definition) is 12. The van der Waals surface area contributed by atoms with Crippen LogP contribution in [0.2, 0.25) is 0 Å². The normalized spacial score (nSPS) is 29.7. The molecule has 4 aliphatic carbocycles. The second kappa shape index (κ2) is 12.6. The Kier molecular flexibility index (Phi) is 9.34. The van der Waals surface area contributed by atoms with Crippen LogP contribution in [0.5, 0.6) is 5.75 Å². The van der Waals surface area contributed by atoms with E-state index in [-0.39, 0.29) is 23.4 Å². The van der Waals surface area contributed by atoms with Gasteiger partial charge in [0.25, 0.3) is 12.4 Å². The summed E-state index contributed by atoms with van der Waals surface area (Å²) in [4.78, 5) is 56.4. The van der Waals surface area contributed by atoms with Crippen molar-refractivity contribution in [1.29, 1.82) is 0 Å². The number of thioether (sulfide) groups is 1. The summed E-state index contributed by atoms with van der Waals surface area (Å²) in [5.74, 6) is -8.42. The maximum atomic E-state index is 14.7. The topological polar surface area (TPSA) is 191 Å². The van der Waals surface area contributed by atoms with Gasteiger partial charge in [-0.15, -0.1) is 0 Å². The van der Waals surface area contributed by atoms with Crippen LogP contribution in [0, 0.1) is 11.8 Å². The number of amides is 1. The summed E-state index contributed by atoms with van der Waals surface area (Å²) < 4.78 is 5.68. The van der Waals surface area contributed by atoms with E-state index in [1.165, 1.54) is 19.0 Å². The molecule has 47 heavy (non-hydrogen) atoms. The summed E-state index contributed by atoms with van der Waals surface area (Å²) in [5.41, 5.74) is 1.68. The lowest BCUT2D eigenvalue weighted by atomic mass is 9.54. The highest BCUT2D eigenvalue weighted by atomic mass is 32.2. The van der Waals surface area contributed by atoms with Crippen LogP contribution in [0.15, 0.2) is 29.0 Å². The standard InChI is InChI=1S/C34H45N3O9S/c1-33(2,14-36(3)4)19-12-11-17-18(13-47-16-9-7-8-10-16)20-22(27(40)21(17)26(19)39)30(42)34(45)24(29(20)46-15-38)25(37(5)6)28(41)23(31(34)43)32(35)44/h11-12,15-16,18,20,24-25,29,39-40,43,45H,7-10,13-14H2,1-6H3,(H2,35,44)/t18?,20?,24?,25-,29?,34-/m0/s1. The first-order valence-electron chi connectivity index (χ1n) is 15.9. The van der Waals surface area contributed by atoms with E-state index < -0.39 is 75.5 Å². The van der Waals surface area contributed by atoms with Crippen LogP contribution >= 0.6 is 11.8 Å². The second-order valence-electron chi connectivity index (χ2n) is 14.4. The third-order valence-electron chi connectivity index (χ3n) is 10.4. The molecule has 13 heteroatoms. The number of likely N-dealkylation sites (N-methyl/N-ethyl adjacent to an activating group) is 2. The Morgan fingerprint density at radius 2 is 1.77 bits per heavy atom. The molecular formula is C34H45N3O9S. The Balaban J connectivity index is 1.81. The predicted octanol–water partition coefficient (Wildman–Crippen LogP) is 2.17. The lowest BCUT2D eigenvalue weighted by Gasteiger charge is -2.54. The molecule has 6 N–H and O–H groups in total. The van der Waals surface area contributed by atoms with Gasteiger partial charge in [-0.05, 0) is 46.6 Å².